The average molecular weight is 340 g/mol. The van der Waals surface area contributed by atoms with Crippen molar-refractivity contribution < 1.29 is 14.3 Å². The zero-order valence-electron chi connectivity index (χ0n) is 13.0. The maximum atomic E-state index is 12.1. The van der Waals surface area contributed by atoms with Gasteiger partial charge in [-0.15, -0.1) is 11.3 Å². The molecule has 2 aromatic rings. The Labute approximate surface area is 143 Å². The SMILES string of the molecule is N#Cc1ccsc1NC(=O)COC(=O)c1ccc2c(c1)CCCC2. The van der Waals surface area contributed by atoms with Gasteiger partial charge in [0.05, 0.1) is 11.1 Å². The lowest BCUT2D eigenvalue weighted by atomic mass is 9.90. The first-order valence-electron chi connectivity index (χ1n) is 7.74. The Morgan fingerprint density at radius 2 is 2.00 bits per heavy atom. The summed E-state index contributed by atoms with van der Waals surface area (Å²) in [6.07, 6.45) is 4.35. The number of carbonyl (C=O) groups is 2. The highest BCUT2D eigenvalue weighted by Crippen LogP contribution is 2.23. The third-order valence-corrected chi connectivity index (χ3v) is 4.79. The third-order valence-electron chi connectivity index (χ3n) is 3.96. The lowest BCUT2D eigenvalue weighted by Crippen LogP contribution is -2.21. The minimum Gasteiger partial charge on any atom is -0.452 e. The molecule has 0 aliphatic heterocycles. The number of nitrogens with zero attached hydrogens (tertiary/aromatic N) is 1. The van der Waals surface area contributed by atoms with Gasteiger partial charge in [0.1, 0.15) is 11.1 Å². The quantitative estimate of drug-likeness (QED) is 0.866. The number of nitrogens with one attached hydrogen (secondary N) is 1. The number of thiophene rings is 1. The first kappa shape index (κ1) is 16.2. The van der Waals surface area contributed by atoms with Gasteiger partial charge in [-0.3, -0.25) is 4.79 Å². The molecule has 0 bridgehead atoms. The van der Waals surface area contributed by atoms with Crippen LogP contribution in [0.15, 0.2) is 29.6 Å². The molecule has 1 aliphatic carbocycles. The standard InChI is InChI=1S/C18H16N2O3S/c19-10-15-7-8-24-17(15)20-16(21)11-23-18(22)14-6-5-12-3-1-2-4-13(12)9-14/h5-9H,1-4,11H2,(H,20,21). The van der Waals surface area contributed by atoms with Crippen molar-refractivity contribution in [2.45, 2.75) is 25.7 Å². The van der Waals surface area contributed by atoms with Crippen LogP contribution in [0.25, 0.3) is 0 Å². The Bertz CT molecular complexity index is 820. The number of esters is 1. The van der Waals surface area contributed by atoms with Gasteiger partial charge < -0.3 is 10.1 Å². The summed E-state index contributed by atoms with van der Waals surface area (Å²) in [6.45, 7) is -0.376. The number of anilines is 1. The smallest absolute Gasteiger partial charge is 0.338 e. The van der Waals surface area contributed by atoms with E-state index in [1.54, 1.807) is 17.5 Å². The highest BCUT2D eigenvalue weighted by atomic mass is 32.1. The van der Waals surface area contributed by atoms with Gasteiger partial charge in [-0.2, -0.15) is 5.26 Å². The van der Waals surface area contributed by atoms with Crippen molar-refractivity contribution in [3.8, 4) is 6.07 Å². The Morgan fingerprint density at radius 3 is 2.79 bits per heavy atom. The molecular formula is C18H16N2O3S. The Kier molecular flexibility index (Phi) is 4.92. The number of ether oxygens (including phenoxy) is 1. The Balaban J connectivity index is 1.57. The third kappa shape index (κ3) is 3.63. The van der Waals surface area contributed by atoms with Crippen LogP contribution in [-0.2, 0) is 22.4 Å². The molecule has 3 rings (SSSR count). The van der Waals surface area contributed by atoms with Crippen molar-refractivity contribution in [1.82, 2.24) is 0 Å². The lowest BCUT2D eigenvalue weighted by molar-refractivity contribution is -0.119. The summed E-state index contributed by atoms with van der Waals surface area (Å²) in [5, 5.41) is 13.7. The molecule has 1 aromatic heterocycles. The van der Waals surface area contributed by atoms with Crippen molar-refractivity contribution in [2.24, 2.45) is 0 Å². The van der Waals surface area contributed by atoms with Gasteiger partial charge in [-0.1, -0.05) is 6.07 Å². The number of aryl methyl sites for hydroxylation is 2. The summed E-state index contributed by atoms with van der Waals surface area (Å²) in [7, 11) is 0. The average Bonchev–Trinajstić information content (AvgIpc) is 3.06. The fraction of sp³-hybridized carbons (Fsp3) is 0.278. The summed E-state index contributed by atoms with van der Waals surface area (Å²) in [4.78, 5) is 24.0. The van der Waals surface area contributed by atoms with E-state index in [0.29, 0.717) is 16.1 Å². The van der Waals surface area contributed by atoms with Gasteiger partial charge in [0.15, 0.2) is 6.61 Å². The maximum absolute atomic E-state index is 12.1. The van der Waals surface area contributed by atoms with Crippen LogP contribution in [0.1, 0.15) is 39.9 Å². The molecule has 6 heteroatoms. The molecule has 5 nitrogen and oxygen atoms in total. The second kappa shape index (κ2) is 7.28. The molecular weight excluding hydrogens is 324 g/mol. The van der Waals surface area contributed by atoms with Crippen LogP contribution >= 0.6 is 11.3 Å². The highest BCUT2D eigenvalue weighted by Gasteiger charge is 2.15. The second-order valence-electron chi connectivity index (χ2n) is 5.59. The summed E-state index contributed by atoms with van der Waals surface area (Å²) in [6, 6.07) is 9.19. The van der Waals surface area contributed by atoms with Crippen molar-refractivity contribution in [3.63, 3.8) is 0 Å². The van der Waals surface area contributed by atoms with Crippen LogP contribution in [0.2, 0.25) is 0 Å². The Hall–Kier alpha value is -2.65. The van der Waals surface area contributed by atoms with Crippen LogP contribution in [0, 0.1) is 11.3 Å². The predicted octanol–water partition coefficient (Wildman–Crippen LogP) is 3.29. The van der Waals surface area contributed by atoms with E-state index in [9.17, 15) is 9.59 Å². The largest absolute Gasteiger partial charge is 0.452 e. The predicted molar refractivity (Wildman–Crippen MR) is 91.0 cm³/mol. The van der Waals surface area contributed by atoms with E-state index in [1.165, 1.54) is 28.9 Å². The molecule has 0 saturated carbocycles. The van der Waals surface area contributed by atoms with E-state index in [4.69, 9.17) is 10.00 Å². The van der Waals surface area contributed by atoms with Gasteiger partial charge in [-0.05, 0) is 60.4 Å². The fourth-order valence-corrected chi connectivity index (χ4v) is 3.49. The van der Waals surface area contributed by atoms with Crippen LogP contribution in [0.5, 0.6) is 0 Å². The molecule has 1 amide bonds. The minimum absolute atomic E-state index is 0.376. The number of benzene rings is 1. The van der Waals surface area contributed by atoms with Crippen LogP contribution in [0.3, 0.4) is 0 Å². The van der Waals surface area contributed by atoms with E-state index < -0.39 is 11.9 Å². The molecule has 0 saturated heterocycles. The van der Waals surface area contributed by atoms with Crippen molar-refractivity contribution in [2.75, 3.05) is 11.9 Å². The molecule has 0 radical (unpaired) electrons. The Morgan fingerprint density at radius 1 is 1.21 bits per heavy atom. The normalized spacial score (nSPS) is 12.8. The fourth-order valence-electron chi connectivity index (χ4n) is 2.73. The van der Waals surface area contributed by atoms with E-state index in [0.717, 1.165) is 19.3 Å². The van der Waals surface area contributed by atoms with E-state index in [2.05, 4.69) is 5.32 Å². The van der Waals surface area contributed by atoms with Crippen molar-refractivity contribution >= 4 is 28.2 Å². The number of hydrogen-bond donors (Lipinski definition) is 1. The van der Waals surface area contributed by atoms with Gasteiger partial charge in [-0.25, -0.2) is 4.79 Å². The molecule has 1 aromatic carbocycles. The molecule has 1 heterocycles. The molecule has 1 aliphatic rings. The molecule has 1 N–H and O–H groups in total. The van der Waals surface area contributed by atoms with Gasteiger partial charge in [0.2, 0.25) is 0 Å². The molecule has 122 valence electrons. The van der Waals surface area contributed by atoms with Crippen LogP contribution < -0.4 is 5.32 Å². The minimum atomic E-state index is -0.509. The topological polar surface area (TPSA) is 79.2 Å². The first-order chi connectivity index (χ1) is 11.7. The summed E-state index contributed by atoms with van der Waals surface area (Å²) in [5.41, 5.74) is 3.35. The van der Waals surface area contributed by atoms with Gasteiger partial charge in [0.25, 0.3) is 5.91 Å². The van der Waals surface area contributed by atoms with E-state index in [1.807, 2.05) is 18.2 Å². The molecule has 0 atom stereocenters. The summed E-state index contributed by atoms with van der Waals surface area (Å²) < 4.78 is 5.07. The molecule has 0 spiro atoms. The van der Waals surface area contributed by atoms with Crippen molar-refractivity contribution in [3.05, 3.63) is 51.9 Å². The second-order valence-corrected chi connectivity index (χ2v) is 6.51. The van der Waals surface area contributed by atoms with Crippen molar-refractivity contribution in [1.29, 1.82) is 5.26 Å². The number of amides is 1. The number of rotatable bonds is 4. The maximum Gasteiger partial charge on any atom is 0.338 e. The number of carbonyl (C=O) groups excluding carboxylic acids is 2. The lowest BCUT2D eigenvalue weighted by Gasteiger charge is -2.16. The van der Waals surface area contributed by atoms with Gasteiger partial charge >= 0.3 is 5.97 Å². The zero-order chi connectivity index (χ0) is 16.9. The monoisotopic (exact) mass is 340 g/mol. The zero-order valence-corrected chi connectivity index (χ0v) is 13.8. The van der Waals surface area contributed by atoms with Crippen LogP contribution in [-0.4, -0.2) is 18.5 Å². The van der Waals surface area contributed by atoms with Crippen LogP contribution in [0.4, 0.5) is 5.00 Å². The summed E-state index contributed by atoms with van der Waals surface area (Å²) in [5.74, 6) is -0.967. The van der Waals surface area contributed by atoms with E-state index in [-0.39, 0.29) is 6.61 Å². The highest BCUT2D eigenvalue weighted by molar-refractivity contribution is 7.14. The van der Waals surface area contributed by atoms with E-state index >= 15 is 0 Å². The van der Waals surface area contributed by atoms with Gasteiger partial charge in [0, 0.05) is 0 Å². The molecule has 0 unspecified atom stereocenters. The molecule has 24 heavy (non-hydrogen) atoms. The number of fused-ring (bicyclic) bond motifs is 1. The molecule has 0 fully saturated rings. The number of nitriles is 1. The summed E-state index contributed by atoms with van der Waals surface area (Å²) >= 11 is 1.25. The first-order valence-corrected chi connectivity index (χ1v) is 8.61. The number of hydrogen-bond acceptors (Lipinski definition) is 5.